The number of benzene rings is 3. The Hall–Kier alpha value is -3.18. The SMILES string of the molecule is Cc1ccc(C(=O)NCCCCCc2nc3ccccc3n2Cc2c(F)cccc2Cl)cc1. The van der Waals surface area contributed by atoms with E-state index in [0.717, 1.165) is 48.1 Å². The van der Waals surface area contributed by atoms with E-state index in [1.807, 2.05) is 55.5 Å². The monoisotopic (exact) mass is 463 g/mol. The summed E-state index contributed by atoms with van der Waals surface area (Å²) in [6, 6.07) is 20.2. The lowest BCUT2D eigenvalue weighted by atomic mass is 10.1. The fourth-order valence-electron chi connectivity index (χ4n) is 3.93. The molecule has 1 N–H and O–H groups in total. The second kappa shape index (κ2) is 10.6. The lowest BCUT2D eigenvalue weighted by Gasteiger charge is -2.12. The molecule has 1 heterocycles. The Morgan fingerprint density at radius 1 is 1.00 bits per heavy atom. The molecule has 0 radical (unpaired) electrons. The maximum Gasteiger partial charge on any atom is 0.251 e. The number of para-hydroxylation sites is 2. The molecule has 4 nitrogen and oxygen atoms in total. The largest absolute Gasteiger partial charge is 0.352 e. The van der Waals surface area contributed by atoms with Gasteiger partial charge in [-0.3, -0.25) is 4.79 Å². The zero-order chi connectivity index (χ0) is 23.2. The molecular weight excluding hydrogens is 437 g/mol. The van der Waals surface area contributed by atoms with Crippen molar-refractivity contribution < 1.29 is 9.18 Å². The van der Waals surface area contributed by atoms with Crippen LogP contribution in [0, 0.1) is 12.7 Å². The summed E-state index contributed by atoms with van der Waals surface area (Å²) >= 11 is 6.28. The fourth-order valence-corrected chi connectivity index (χ4v) is 4.15. The molecule has 0 bridgehead atoms. The molecule has 1 aromatic heterocycles. The summed E-state index contributed by atoms with van der Waals surface area (Å²) in [5, 5.41) is 3.40. The zero-order valence-corrected chi connectivity index (χ0v) is 19.4. The molecule has 0 aliphatic rings. The van der Waals surface area contributed by atoms with Crippen molar-refractivity contribution in [2.24, 2.45) is 0 Å². The normalized spacial score (nSPS) is 11.1. The molecule has 170 valence electrons. The van der Waals surface area contributed by atoms with Crippen LogP contribution in [0.4, 0.5) is 4.39 Å². The zero-order valence-electron chi connectivity index (χ0n) is 18.7. The van der Waals surface area contributed by atoms with Crippen LogP contribution < -0.4 is 5.32 Å². The molecule has 0 spiro atoms. The van der Waals surface area contributed by atoms with E-state index in [-0.39, 0.29) is 11.7 Å². The average Bonchev–Trinajstić information content (AvgIpc) is 3.16. The van der Waals surface area contributed by atoms with Gasteiger partial charge in [0.05, 0.1) is 17.6 Å². The second-order valence-electron chi connectivity index (χ2n) is 8.24. The van der Waals surface area contributed by atoms with Crippen molar-refractivity contribution in [2.75, 3.05) is 6.54 Å². The van der Waals surface area contributed by atoms with Gasteiger partial charge in [0.25, 0.3) is 5.91 Å². The molecule has 4 aromatic rings. The minimum atomic E-state index is -0.310. The third-order valence-corrected chi connectivity index (χ3v) is 6.14. The number of hydrogen-bond donors (Lipinski definition) is 1. The summed E-state index contributed by atoms with van der Waals surface area (Å²) in [7, 11) is 0. The molecule has 0 unspecified atom stereocenters. The Morgan fingerprint density at radius 3 is 2.58 bits per heavy atom. The number of aromatic nitrogens is 2. The second-order valence-corrected chi connectivity index (χ2v) is 8.64. The molecule has 0 saturated carbocycles. The third-order valence-electron chi connectivity index (χ3n) is 5.79. The van der Waals surface area contributed by atoms with E-state index in [0.29, 0.717) is 29.2 Å². The topological polar surface area (TPSA) is 46.9 Å². The van der Waals surface area contributed by atoms with Crippen molar-refractivity contribution >= 4 is 28.5 Å². The number of amides is 1. The van der Waals surface area contributed by atoms with Crippen LogP contribution in [0.5, 0.6) is 0 Å². The number of nitrogens with one attached hydrogen (secondary N) is 1. The van der Waals surface area contributed by atoms with E-state index in [1.54, 1.807) is 12.1 Å². The van der Waals surface area contributed by atoms with Crippen molar-refractivity contribution in [3.63, 3.8) is 0 Å². The van der Waals surface area contributed by atoms with Gasteiger partial charge in [-0.05, 0) is 56.2 Å². The van der Waals surface area contributed by atoms with E-state index >= 15 is 0 Å². The van der Waals surface area contributed by atoms with Gasteiger partial charge < -0.3 is 9.88 Å². The first kappa shape index (κ1) is 23.0. The van der Waals surface area contributed by atoms with Gasteiger partial charge in [-0.2, -0.15) is 0 Å². The Balaban J connectivity index is 1.35. The summed E-state index contributed by atoms with van der Waals surface area (Å²) in [5.74, 6) is 0.563. The van der Waals surface area contributed by atoms with Gasteiger partial charge in [0.15, 0.2) is 0 Å². The van der Waals surface area contributed by atoms with Gasteiger partial charge in [0, 0.05) is 29.1 Å². The summed E-state index contributed by atoms with van der Waals surface area (Å²) in [6.45, 7) is 2.98. The van der Waals surface area contributed by atoms with Crippen LogP contribution in [-0.4, -0.2) is 22.0 Å². The Bertz CT molecular complexity index is 1230. The number of hydrogen-bond acceptors (Lipinski definition) is 2. The summed E-state index contributed by atoms with van der Waals surface area (Å²) < 4.78 is 16.5. The fraction of sp³-hybridized carbons (Fsp3) is 0.259. The number of nitrogens with zero attached hydrogens (tertiary/aromatic N) is 2. The molecule has 0 aliphatic carbocycles. The van der Waals surface area contributed by atoms with Crippen molar-refractivity contribution in [1.82, 2.24) is 14.9 Å². The van der Waals surface area contributed by atoms with Crippen LogP contribution in [0.15, 0.2) is 66.7 Å². The number of carbonyl (C=O) groups is 1. The van der Waals surface area contributed by atoms with Gasteiger partial charge in [-0.15, -0.1) is 0 Å². The average molecular weight is 464 g/mol. The lowest BCUT2D eigenvalue weighted by molar-refractivity contribution is 0.0953. The van der Waals surface area contributed by atoms with E-state index < -0.39 is 0 Å². The van der Waals surface area contributed by atoms with Gasteiger partial charge in [-0.1, -0.05) is 53.9 Å². The molecule has 4 rings (SSSR count). The van der Waals surface area contributed by atoms with E-state index in [1.165, 1.54) is 6.07 Å². The number of fused-ring (bicyclic) bond motifs is 1. The third kappa shape index (κ3) is 5.60. The standard InChI is InChI=1S/C27H27ClFN3O/c1-19-13-15-20(16-14-19)27(33)30-17-6-2-3-12-26-31-24-10-4-5-11-25(24)32(26)18-21-22(28)8-7-9-23(21)29/h4-5,7-11,13-16H,2-3,6,12,17-18H2,1H3,(H,30,33). The summed E-state index contributed by atoms with van der Waals surface area (Å²) in [4.78, 5) is 17.0. The maximum absolute atomic E-state index is 14.4. The first-order valence-electron chi connectivity index (χ1n) is 11.2. The minimum absolute atomic E-state index is 0.0430. The predicted octanol–water partition coefficient (Wildman–Crippen LogP) is 6.33. The molecule has 1 amide bonds. The molecule has 0 saturated heterocycles. The minimum Gasteiger partial charge on any atom is -0.352 e. The van der Waals surface area contributed by atoms with Crippen molar-refractivity contribution in [3.05, 3.63) is 100 Å². The number of carbonyl (C=O) groups excluding carboxylic acids is 1. The molecule has 0 aliphatic heterocycles. The number of aryl methyl sites for hydroxylation is 2. The number of rotatable bonds is 9. The first-order chi connectivity index (χ1) is 16.0. The predicted molar refractivity (Wildman–Crippen MR) is 131 cm³/mol. The molecule has 3 aromatic carbocycles. The lowest BCUT2D eigenvalue weighted by Crippen LogP contribution is -2.24. The highest BCUT2D eigenvalue weighted by Crippen LogP contribution is 2.24. The summed E-state index contributed by atoms with van der Waals surface area (Å²) in [6.07, 6.45) is 3.54. The Labute approximate surface area is 198 Å². The Kier molecular flexibility index (Phi) is 7.40. The van der Waals surface area contributed by atoms with Crippen molar-refractivity contribution in [1.29, 1.82) is 0 Å². The van der Waals surface area contributed by atoms with Crippen molar-refractivity contribution in [3.8, 4) is 0 Å². The Morgan fingerprint density at radius 2 is 1.79 bits per heavy atom. The van der Waals surface area contributed by atoms with E-state index in [9.17, 15) is 9.18 Å². The van der Waals surface area contributed by atoms with E-state index in [2.05, 4.69) is 9.88 Å². The van der Waals surface area contributed by atoms with Gasteiger partial charge in [-0.25, -0.2) is 9.37 Å². The van der Waals surface area contributed by atoms with Crippen LogP contribution in [-0.2, 0) is 13.0 Å². The highest BCUT2D eigenvalue weighted by Gasteiger charge is 2.14. The maximum atomic E-state index is 14.4. The smallest absolute Gasteiger partial charge is 0.251 e. The van der Waals surface area contributed by atoms with Crippen LogP contribution >= 0.6 is 11.6 Å². The van der Waals surface area contributed by atoms with E-state index in [4.69, 9.17) is 16.6 Å². The highest BCUT2D eigenvalue weighted by atomic mass is 35.5. The number of unbranched alkanes of at least 4 members (excludes halogenated alkanes) is 2. The van der Waals surface area contributed by atoms with Gasteiger partial charge in [0.2, 0.25) is 0 Å². The van der Waals surface area contributed by atoms with Crippen LogP contribution in [0.25, 0.3) is 11.0 Å². The van der Waals surface area contributed by atoms with Gasteiger partial charge in [0.1, 0.15) is 11.6 Å². The molecule has 0 atom stereocenters. The summed E-state index contributed by atoms with van der Waals surface area (Å²) in [5.41, 5.74) is 4.15. The molecule has 33 heavy (non-hydrogen) atoms. The molecular formula is C27H27ClFN3O. The number of halogens is 2. The van der Waals surface area contributed by atoms with Gasteiger partial charge >= 0.3 is 0 Å². The first-order valence-corrected chi connectivity index (χ1v) is 11.6. The molecule has 6 heteroatoms. The van der Waals surface area contributed by atoms with Crippen LogP contribution in [0.3, 0.4) is 0 Å². The van der Waals surface area contributed by atoms with Crippen molar-refractivity contribution in [2.45, 2.75) is 39.2 Å². The quantitative estimate of drug-likeness (QED) is 0.295. The number of imidazole rings is 1. The van der Waals surface area contributed by atoms with Crippen LogP contribution in [0.1, 0.15) is 46.6 Å². The van der Waals surface area contributed by atoms with Crippen LogP contribution in [0.2, 0.25) is 5.02 Å². The highest BCUT2D eigenvalue weighted by molar-refractivity contribution is 6.31. The molecule has 0 fully saturated rings.